The highest BCUT2D eigenvalue weighted by Gasteiger charge is 2.26. The Labute approximate surface area is 142 Å². The lowest BCUT2D eigenvalue weighted by molar-refractivity contribution is 0.595. The van der Waals surface area contributed by atoms with E-state index in [1.165, 1.54) is 6.07 Å². The molecule has 21 heavy (non-hydrogen) atoms. The van der Waals surface area contributed by atoms with Gasteiger partial charge < -0.3 is 0 Å². The van der Waals surface area contributed by atoms with E-state index in [-0.39, 0.29) is 4.90 Å². The van der Waals surface area contributed by atoms with E-state index in [1.807, 2.05) is 30.3 Å². The minimum Gasteiger partial charge on any atom is -0.206 e. The number of nitrogens with one attached hydrogen (secondary N) is 1. The van der Waals surface area contributed by atoms with Crippen LogP contribution in [0, 0.1) is 0 Å². The lowest BCUT2D eigenvalue weighted by Crippen LogP contribution is -2.20. The maximum absolute atomic E-state index is 12.4. The molecule has 8 heteroatoms. The summed E-state index contributed by atoms with van der Waals surface area (Å²) in [5.74, 6) is 0. The molecule has 0 heterocycles. The SMILES string of the molecule is O=S(=O)(NSC(Cl)(Cl)Cl)c1ccccc1-c1ccccc1. The molecule has 2 aromatic carbocycles. The van der Waals surface area contributed by atoms with E-state index in [0.717, 1.165) is 5.56 Å². The highest BCUT2D eigenvalue weighted by atomic mass is 35.6. The van der Waals surface area contributed by atoms with Crippen LogP contribution in [-0.4, -0.2) is 11.5 Å². The number of sulfonamides is 1. The monoisotopic (exact) mass is 381 g/mol. The predicted octanol–water partition coefficient (Wildman–Crippen LogP) is 4.61. The van der Waals surface area contributed by atoms with E-state index in [9.17, 15) is 8.42 Å². The van der Waals surface area contributed by atoms with Crippen LogP contribution in [-0.2, 0) is 10.0 Å². The van der Waals surface area contributed by atoms with Crippen molar-refractivity contribution in [3.8, 4) is 11.1 Å². The first-order chi connectivity index (χ1) is 9.80. The van der Waals surface area contributed by atoms with Crippen LogP contribution < -0.4 is 4.13 Å². The van der Waals surface area contributed by atoms with Gasteiger partial charge in [-0.3, -0.25) is 0 Å². The zero-order valence-corrected chi connectivity index (χ0v) is 14.4. The maximum atomic E-state index is 12.4. The van der Waals surface area contributed by atoms with E-state index in [1.54, 1.807) is 18.2 Å². The Bertz CT molecular complexity index is 716. The molecular formula is C13H10Cl3NO2S2. The van der Waals surface area contributed by atoms with Crippen LogP contribution in [0.15, 0.2) is 59.5 Å². The van der Waals surface area contributed by atoms with Gasteiger partial charge in [-0.1, -0.05) is 83.3 Å². The second kappa shape index (κ2) is 6.77. The fourth-order valence-corrected chi connectivity index (χ4v) is 4.46. The molecule has 0 fully saturated rings. The molecule has 3 nitrogen and oxygen atoms in total. The van der Waals surface area contributed by atoms with E-state index in [0.29, 0.717) is 17.5 Å². The van der Waals surface area contributed by atoms with E-state index in [4.69, 9.17) is 34.8 Å². The molecule has 0 atom stereocenters. The van der Waals surface area contributed by atoms with E-state index in [2.05, 4.69) is 4.13 Å². The number of rotatable bonds is 4. The standard InChI is InChI=1S/C13H10Cl3NO2S2/c14-13(15,16)20-17-21(18,19)12-9-5-4-8-11(12)10-6-2-1-3-7-10/h1-9,17H. The number of hydrogen-bond acceptors (Lipinski definition) is 3. The summed E-state index contributed by atoms with van der Waals surface area (Å²) in [4.78, 5) is 0.123. The molecule has 2 rings (SSSR count). The summed E-state index contributed by atoms with van der Waals surface area (Å²) in [6.07, 6.45) is 0. The van der Waals surface area contributed by atoms with Crippen LogP contribution in [0.4, 0.5) is 0 Å². The molecule has 0 saturated heterocycles. The van der Waals surface area contributed by atoms with Gasteiger partial charge in [0.2, 0.25) is 0 Å². The third kappa shape index (κ3) is 4.77. The fraction of sp³-hybridized carbons (Fsp3) is 0.0769. The van der Waals surface area contributed by atoms with Crippen molar-refractivity contribution >= 4 is 56.8 Å². The van der Waals surface area contributed by atoms with Gasteiger partial charge >= 0.3 is 0 Å². The molecule has 0 aliphatic heterocycles. The molecule has 0 aliphatic rings. The number of halogens is 3. The van der Waals surface area contributed by atoms with Gasteiger partial charge in [0.1, 0.15) is 0 Å². The van der Waals surface area contributed by atoms with Gasteiger partial charge in [-0.2, -0.15) is 4.13 Å². The minimum absolute atomic E-state index is 0.123. The van der Waals surface area contributed by atoms with Gasteiger partial charge in [0.05, 0.1) is 4.90 Å². The van der Waals surface area contributed by atoms with Crippen LogP contribution in [0.5, 0.6) is 0 Å². The minimum atomic E-state index is -3.81. The van der Waals surface area contributed by atoms with Gasteiger partial charge in [-0.25, -0.2) is 8.42 Å². The average Bonchev–Trinajstić information content (AvgIpc) is 2.46. The molecule has 0 aliphatic carbocycles. The van der Waals surface area contributed by atoms with Gasteiger partial charge in [0, 0.05) is 5.56 Å². The van der Waals surface area contributed by atoms with Crippen LogP contribution >= 0.6 is 46.8 Å². The van der Waals surface area contributed by atoms with Crippen molar-refractivity contribution in [2.24, 2.45) is 0 Å². The summed E-state index contributed by atoms with van der Waals surface area (Å²) in [7, 11) is -3.81. The summed E-state index contributed by atoms with van der Waals surface area (Å²) in [6.45, 7) is 0. The van der Waals surface area contributed by atoms with E-state index < -0.39 is 13.1 Å². The smallest absolute Gasteiger partial charge is 0.206 e. The largest absolute Gasteiger partial charge is 0.252 e. The number of benzene rings is 2. The predicted molar refractivity (Wildman–Crippen MR) is 90.1 cm³/mol. The summed E-state index contributed by atoms with van der Waals surface area (Å²) >= 11 is 17.1. The molecule has 0 saturated carbocycles. The Morgan fingerprint density at radius 2 is 1.48 bits per heavy atom. The molecule has 0 unspecified atom stereocenters. The Balaban J connectivity index is 2.41. The molecular weight excluding hydrogens is 373 g/mol. The molecule has 1 N–H and O–H groups in total. The average molecular weight is 383 g/mol. The van der Waals surface area contributed by atoms with Crippen LogP contribution in [0.3, 0.4) is 0 Å². The van der Waals surface area contributed by atoms with Crippen molar-refractivity contribution in [1.82, 2.24) is 4.13 Å². The van der Waals surface area contributed by atoms with Gasteiger partial charge in [-0.15, -0.1) is 0 Å². The molecule has 0 amide bonds. The van der Waals surface area contributed by atoms with Gasteiger partial charge in [0.15, 0.2) is 0 Å². The van der Waals surface area contributed by atoms with Gasteiger partial charge in [0.25, 0.3) is 13.1 Å². The lowest BCUT2D eigenvalue weighted by Gasteiger charge is -2.14. The van der Waals surface area contributed by atoms with Crippen LogP contribution in [0.25, 0.3) is 11.1 Å². The zero-order chi connectivity index (χ0) is 15.5. The topological polar surface area (TPSA) is 46.2 Å². The highest BCUT2D eigenvalue weighted by Crippen LogP contribution is 2.38. The summed E-state index contributed by atoms with van der Waals surface area (Å²) in [5.41, 5.74) is 1.37. The fourth-order valence-electron chi connectivity index (χ4n) is 1.70. The molecule has 0 radical (unpaired) electrons. The quantitative estimate of drug-likeness (QED) is 0.620. The molecule has 0 aromatic heterocycles. The summed E-state index contributed by atoms with van der Waals surface area (Å²) < 4.78 is 25.2. The Hall–Kier alpha value is -0.430. The molecule has 0 spiro atoms. The zero-order valence-electron chi connectivity index (χ0n) is 10.5. The first-order valence-corrected chi connectivity index (χ1v) is 9.14. The summed E-state index contributed by atoms with van der Waals surface area (Å²) in [6, 6.07) is 15.8. The Kier molecular flexibility index (Phi) is 5.46. The lowest BCUT2D eigenvalue weighted by atomic mass is 10.1. The highest BCUT2D eigenvalue weighted by molar-refractivity contribution is 8.12. The van der Waals surface area contributed by atoms with Crippen molar-refractivity contribution in [2.75, 3.05) is 0 Å². The maximum Gasteiger partial charge on any atom is 0.252 e. The second-order valence-electron chi connectivity index (χ2n) is 4.00. The van der Waals surface area contributed by atoms with E-state index >= 15 is 0 Å². The van der Waals surface area contributed by atoms with Crippen molar-refractivity contribution in [2.45, 2.75) is 8.02 Å². The second-order valence-corrected chi connectivity index (χ2v) is 9.88. The van der Waals surface area contributed by atoms with Crippen molar-refractivity contribution in [1.29, 1.82) is 0 Å². The van der Waals surface area contributed by atoms with Crippen molar-refractivity contribution in [3.63, 3.8) is 0 Å². The molecule has 0 bridgehead atoms. The van der Waals surface area contributed by atoms with Crippen LogP contribution in [0.1, 0.15) is 0 Å². The normalized spacial score (nSPS) is 12.3. The molecule has 112 valence electrons. The molecule has 2 aromatic rings. The summed E-state index contributed by atoms with van der Waals surface area (Å²) in [5, 5.41) is 0. The third-order valence-corrected chi connectivity index (χ3v) is 5.60. The van der Waals surface area contributed by atoms with Crippen molar-refractivity contribution in [3.05, 3.63) is 54.6 Å². The van der Waals surface area contributed by atoms with Crippen molar-refractivity contribution < 1.29 is 8.42 Å². The Morgan fingerprint density at radius 3 is 2.10 bits per heavy atom. The first kappa shape index (κ1) is 16.9. The first-order valence-electron chi connectivity index (χ1n) is 5.70. The number of hydrogen-bond donors (Lipinski definition) is 1. The van der Waals surface area contributed by atoms with Crippen LogP contribution in [0.2, 0.25) is 0 Å². The van der Waals surface area contributed by atoms with Gasteiger partial charge in [-0.05, 0) is 23.6 Å². The third-order valence-electron chi connectivity index (χ3n) is 2.53. The number of alkyl halides is 3. The Morgan fingerprint density at radius 1 is 0.905 bits per heavy atom.